The average Bonchev–Trinajstić information content (AvgIpc) is 2.25. The third-order valence-corrected chi connectivity index (χ3v) is 2.48. The van der Waals surface area contributed by atoms with E-state index in [-0.39, 0.29) is 11.3 Å². The van der Waals surface area contributed by atoms with Crippen molar-refractivity contribution in [2.75, 3.05) is 24.1 Å². The molecular weight excluding hydrogens is 228 g/mol. The van der Waals surface area contributed by atoms with E-state index in [1.54, 1.807) is 6.20 Å². The fraction of sp³-hybridized carbons (Fsp3) is 0.538. The van der Waals surface area contributed by atoms with Crippen LogP contribution in [0.25, 0.3) is 0 Å². The summed E-state index contributed by atoms with van der Waals surface area (Å²) in [5.41, 5.74) is 6.92. The zero-order valence-corrected chi connectivity index (χ0v) is 11.5. The molecule has 0 aliphatic rings. The maximum absolute atomic E-state index is 11.6. The van der Waals surface area contributed by atoms with Gasteiger partial charge in [0.1, 0.15) is 5.82 Å². The summed E-state index contributed by atoms with van der Waals surface area (Å²) in [5, 5.41) is 6.04. The van der Waals surface area contributed by atoms with E-state index in [4.69, 9.17) is 5.73 Å². The first kappa shape index (κ1) is 14.3. The van der Waals surface area contributed by atoms with Crippen molar-refractivity contribution in [2.45, 2.75) is 27.7 Å². The number of carbonyl (C=O) groups excluding carboxylic acids is 1. The lowest BCUT2D eigenvalue weighted by atomic mass is 9.96. The van der Waals surface area contributed by atoms with Gasteiger partial charge in [0.2, 0.25) is 5.91 Å². The second kappa shape index (κ2) is 5.71. The fourth-order valence-electron chi connectivity index (χ4n) is 1.40. The van der Waals surface area contributed by atoms with Crippen molar-refractivity contribution in [2.24, 2.45) is 5.41 Å². The Balaban J connectivity index is 2.36. The van der Waals surface area contributed by atoms with Crippen LogP contribution >= 0.6 is 0 Å². The highest BCUT2D eigenvalue weighted by Gasteiger charge is 2.20. The first-order chi connectivity index (χ1) is 8.30. The summed E-state index contributed by atoms with van der Waals surface area (Å²) in [6, 6.07) is 1.86. The first-order valence-corrected chi connectivity index (χ1v) is 6.05. The smallest absolute Gasteiger partial charge is 0.225 e. The Bertz CT molecular complexity index is 423. The predicted molar refractivity (Wildman–Crippen MR) is 74.3 cm³/mol. The summed E-state index contributed by atoms with van der Waals surface area (Å²) in [7, 11) is 0. The van der Waals surface area contributed by atoms with Crippen LogP contribution in [0.5, 0.6) is 0 Å². The molecule has 5 heteroatoms. The number of rotatable bonds is 4. The van der Waals surface area contributed by atoms with Crippen molar-refractivity contribution in [1.29, 1.82) is 0 Å². The van der Waals surface area contributed by atoms with Gasteiger partial charge >= 0.3 is 0 Å². The summed E-state index contributed by atoms with van der Waals surface area (Å²) < 4.78 is 0. The van der Waals surface area contributed by atoms with Crippen LogP contribution in [0.15, 0.2) is 12.3 Å². The molecule has 0 aromatic carbocycles. The molecule has 1 aromatic rings. The fourth-order valence-corrected chi connectivity index (χ4v) is 1.40. The number of nitrogens with two attached hydrogens (primary N) is 1. The number of carbonyl (C=O) groups is 1. The highest BCUT2D eigenvalue weighted by atomic mass is 16.2. The third kappa shape index (κ3) is 4.24. The van der Waals surface area contributed by atoms with Gasteiger partial charge in [0, 0.05) is 18.5 Å². The monoisotopic (exact) mass is 250 g/mol. The lowest BCUT2D eigenvalue weighted by molar-refractivity contribution is -0.128. The SMILES string of the molecule is Cc1cc(N)cnc1NCCNC(=O)C(C)(C)C. The van der Waals surface area contributed by atoms with Crippen LogP contribution in [0.4, 0.5) is 11.5 Å². The zero-order valence-electron chi connectivity index (χ0n) is 11.5. The Hall–Kier alpha value is -1.78. The lowest BCUT2D eigenvalue weighted by Gasteiger charge is -2.18. The average molecular weight is 250 g/mol. The lowest BCUT2D eigenvalue weighted by Crippen LogP contribution is -2.37. The number of hydrogen-bond donors (Lipinski definition) is 3. The molecule has 1 heterocycles. The van der Waals surface area contributed by atoms with Crippen molar-refractivity contribution in [3.8, 4) is 0 Å². The van der Waals surface area contributed by atoms with Crippen molar-refractivity contribution in [3.63, 3.8) is 0 Å². The van der Waals surface area contributed by atoms with Gasteiger partial charge in [-0.3, -0.25) is 4.79 Å². The number of pyridine rings is 1. The van der Waals surface area contributed by atoms with E-state index in [2.05, 4.69) is 15.6 Å². The summed E-state index contributed by atoms with van der Waals surface area (Å²) >= 11 is 0. The number of anilines is 2. The summed E-state index contributed by atoms with van der Waals surface area (Å²) in [5.74, 6) is 0.848. The topological polar surface area (TPSA) is 80.0 Å². The Kier molecular flexibility index (Phi) is 4.53. The molecule has 0 unspecified atom stereocenters. The molecule has 1 aromatic heterocycles. The molecule has 4 N–H and O–H groups in total. The summed E-state index contributed by atoms with van der Waals surface area (Å²) in [6.45, 7) is 8.82. The number of aryl methyl sites for hydroxylation is 1. The molecule has 100 valence electrons. The summed E-state index contributed by atoms with van der Waals surface area (Å²) in [6.07, 6.45) is 1.61. The number of aromatic nitrogens is 1. The van der Waals surface area contributed by atoms with Crippen molar-refractivity contribution in [1.82, 2.24) is 10.3 Å². The molecule has 1 amide bonds. The largest absolute Gasteiger partial charge is 0.397 e. The minimum atomic E-state index is -0.352. The van der Waals surface area contributed by atoms with Gasteiger partial charge in [0.05, 0.1) is 11.9 Å². The Morgan fingerprint density at radius 1 is 1.39 bits per heavy atom. The van der Waals surface area contributed by atoms with Gasteiger partial charge in [0.25, 0.3) is 0 Å². The summed E-state index contributed by atoms with van der Waals surface area (Å²) in [4.78, 5) is 15.8. The first-order valence-electron chi connectivity index (χ1n) is 6.05. The van der Waals surface area contributed by atoms with Gasteiger partial charge in [-0.2, -0.15) is 0 Å². The van der Waals surface area contributed by atoms with Gasteiger partial charge in [-0.1, -0.05) is 20.8 Å². The van der Waals surface area contributed by atoms with E-state index in [9.17, 15) is 4.79 Å². The number of nitrogens with one attached hydrogen (secondary N) is 2. The van der Waals surface area contributed by atoms with Crippen LogP contribution in [0.3, 0.4) is 0 Å². The van der Waals surface area contributed by atoms with Crippen molar-refractivity contribution in [3.05, 3.63) is 17.8 Å². The minimum absolute atomic E-state index is 0.0475. The Morgan fingerprint density at radius 2 is 2.06 bits per heavy atom. The van der Waals surface area contributed by atoms with Gasteiger partial charge in [-0.05, 0) is 18.6 Å². The molecule has 5 nitrogen and oxygen atoms in total. The molecule has 1 rings (SSSR count). The zero-order chi connectivity index (χ0) is 13.8. The number of amides is 1. The van der Waals surface area contributed by atoms with Crippen LogP contribution in [-0.2, 0) is 4.79 Å². The molecule has 18 heavy (non-hydrogen) atoms. The molecule has 0 radical (unpaired) electrons. The van der Waals surface area contributed by atoms with Crippen LogP contribution in [0, 0.1) is 12.3 Å². The van der Waals surface area contributed by atoms with Crippen LogP contribution in [0.2, 0.25) is 0 Å². The molecular formula is C13H22N4O. The van der Waals surface area contributed by atoms with Crippen LogP contribution < -0.4 is 16.4 Å². The second-order valence-corrected chi connectivity index (χ2v) is 5.37. The second-order valence-electron chi connectivity index (χ2n) is 5.37. The van der Waals surface area contributed by atoms with Gasteiger partial charge in [-0.25, -0.2) is 4.98 Å². The van der Waals surface area contributed by atoms with E-state index in [0.717, 1.165) is 11.4 Å². The van der Waals surface area contributed by atoms with Crippen molar-refractivity contribution < 1.29 is 4.79 Å². The number of hydrogen-bond acceptors (Lipinski definition) is 4. The third-order valence-electron chi connectivity index (χ3n) is 2.48. The molecule has 0 atom stereocenters. The van der Waals surface area contributed by atoms with Gasteiger partial charge < -0.3 is 16.4 Å². The van der Waals surface area contributed by atoms with E-state index in [0.29, 0.717) is 18.8 Å². The normalized spacial score (nSPS) is 11.1. The highest BCUT2D eigenvalue weighted by molar-refractivity contribution is 5.81. The number of nitrogens with zero attached hydrogens (tertiary/aromatic N) is 1. The highest BCUT2D eigenvalue weighted by Crippen LogP contribution is 2.13. The van der Waals surface area contributed by atoms with E-state index < -0.39 is 0 Å². The van der Waals surface area contributed by atoms with Gasteiger partial charge in [-0.15, -0.1) is 0 Å². The predicted octanol–water partition coefficient (Wildman–Crippen LogP) is 1.55. The van der Waals surface area contributed by atoms with E-state index in [1.165, 1.54) is 0 Å². The van der Waals surface area contributed by atoms with Crippen molar-refractivity contribution >= 4 is 17.4 Å². The molecule has 0 spiro atoms. The van der Waals surface area contributed by atoms with Crippen LogP contribution in [-0.4, -0.2) is 24.0 Å². The molecule has 0 saturated carbocycles. The Morgan fingerprint density at radius 3 is 2.61 bits per heavy atom. The molecule has 0 fully saturated rings. The van der Waals surface area contributed by atoms with Gasteiger partial charge in [0.15, 0.2) is 0 Å². The van der Waals surface area contributed by atoms with Crippen LogP contribution in [0.1, 0.15) is 26.3 Å². The maximum Gasteiger partial charge on any atom is 0.225 e. The Labute approximate surface area is 108 Å². The minimum Gasteiger partial charge on any atom is -0.397 e. The maximum atomic E-state index is 11.6. The molecule has 0 bridgehead atoms. The molecule has 0 aliphatic heterocycles. The molecule has 0 saturated heterocycles. The van der Waals surface area contributed by atoms with E-state index in [1.807, 2.05) is 33.8 Å². The molecule has 0 aliphatic carbocycles. The van der Waals surface area contributed by atoms with E-state index >= 15 is 0 Å². The quantitative estimate of drug-likeness (QED) is 0.708. The number of nitrogen functional groups attached to an aromatic ring is 1. The standard InChI is InChI=1S/C13H22N4O/c1-9-7-10(14)8-17-11(9)15-5-6-16-12(18)13(2,3)4/h7-8H,5-6,14H2,1-4H3,(H,15,17)(H,16,18).